The van der Waals surface area contributed by atoms with Gasteiger partial charge in [0.25, 0.3) is 5.91 Å². The third-order valence-corrected chi connectivity index (χ3v) is 3.66. The number of ether oxygens (including phenoxy) is 2. The van der Waals surface area contributed by atoms with Gasteiger partial charge in [-0.2, -0.15) is 0 Å². The van der Waals surface area contributed by atoms with Crippen molar-refractivity contribution in [2.24, 2.45) is 5.92 Å². The Morgan fingerprint density at radius 2 is 2.16 bits per heavy atom. The lowest BCUT2D eigenvalue weighted by atomic mass is 9.87. The number of carbonyl (C=O) groups is 2. The summed E-state index contributed by atoms with van der Waals surface area (Å²) in [6, 6.07) is 0. The van der Waals surface area contributed by atoms with Gasteiger partial charge < -0.3 is 9.47 Å². The molecule has 0 spiro atoms. The van der Waals surface area contributed by atoms with Gasteiger partial charge in [-0.05, 0) is 44.6 Å². The fraction of sp³-hybridized carbons (Fsp3) is 0.714. The molecule has 0 aromatic heterocycles. The number of rotatable bonds is 4. The third kappa shape index (κ3) is 3.80. The van der Waals surface area contributed by atoms with Crippen molar-refractivity contribution < 1.29 is 19.1 Å². The van der Waals surface area contributed by atoms with Gasteiger partial charge in [-0.25, -0.2) is 9.69 Å². The highest BCUT2D eigenvalue weighted by atomic mass is 16.6. The molecule has 1 aliphatic carbocycles. The van der Waals surface area contributed by atoms with Gasteiger partial charge in [0.15, 0.2) is 0 Å². The number of cyclic esters (lactones) is 1. The predicted molar refractivity (Wildman–Crippen MR) is 69.6 cm³/mol. The summed E-state index contributed by atoms with van der Waals surface area (Å²) in [7, 11) is 0. The van der Waals surface area contributed by atoms with Crippen LogP contribution in [0.5, 0.6) is 0 Å². The molecule has 1 aliphatic heterocycles. The first kappa shape index (κ1) is 14.1. The summed E-state index contributed by atoms with van der Waals surface area (Å²) >= 11 is 0. The zero-order valence-electron chi connectivity index (χ0n) is 11.3. The summed E-state index contributed by atoms with van der Waals surface area (Å²) in [4.78, 5) is 24.1. The highest BCUT2D eigenvalue weighted by Gasteiger charge is 2.27. The zero-order valence-corrected chi connectivity index (χ0v) is 11.3. The molecule has 1 saturated carbocycles. The molecule has 0 unspecified atom stereocenters. The maximum absolute atomic E-state index is 11.8. The second-order valence-corrected chi connectivity index (χ2v) is 4.96. The molecule has 19 heavy (non-hydrogen) atoms. The topological polar surface area (TPSA) is 55.8 Å². The van der Waals surface area contributed by atoms with Crippen molar-refractivity contribution in [3.63, 3.8) is 0 Å². The molecule has 2 amide bonds. The Labute approximate surface area is 113 Å². The van der Waals surface area contributed by atoms with Crippen molar-refractivity contribution in [2.45, 2.75) is 38.7 Å². The van der Waals surface area contributed by atoms with Crippen LogP contribution in [0.1, 0.15) is 32.6 Å². The lowest BCUT2D eigenvalue weighted by Gasteiger charge is -2.26. The van der Waals surface area contributed by atoms with E-state index >= 15 is 0 Å². The van der Waals surface area contributed by atoms with E-state index in [1.807, 2.05) is 13.0 Å². The van der Waals surface area contributed by atoms with E-state index in [0.717, 1.165) is 37.2 Å². The van der Waals surface area contributed by atoms with Crippen LogP contribution in [0.4, 0.5) is 4.79 Å². The molecular weight excluding hydrogens is 246 g/mol. The average molecular weight is 267 g/mol. The molecule has 0 aromatic rings. The van der Waals surface area contributed by atoms with Crippen LogP contribution >= 0.6 is 0 Å². The van der Waals surface area contributed by atoms with E-state index in [1.54, 1.807) is 0 Å². The molecule has 0 atom stereocenters. The molecule has 0 bridgehead atoms. The Bertz CT molecular complexity index is 358. The van der Waals surface area contributed by atoms with Gasteiger partial charge in [0.05, 0.1) is 12.6 Å². The van der Waals surface area contributed by atoms with Crippen molar-refractivity contribution in [1.82, 2.24) is 4.90 Å². The normalized spacial score (nSPS) is 27.8. The van der Waals surface area contributed by atoms with Gasteiger partial charge >= 0.3 is 6.09 Å². The Balaban J connectivity index is 1.77. The number of carbonyl (C=O) groups excluding carboxylic acids is 2. The minimum absolute atomic E-state index is 0.269. The van der Waals surface area contributed by atoms with Crippen LogP contribution in [0.2, 0.25) is 0 Å². The van der Waals surface area contributed by atoms with E-state index in [9.17, 15) is 9.59 Å². The van der Waals surface area contributed by atoms with Crippen LogP contribution in [0.25, 0.3) is 0 Å². The largest absolute Gasteiger partial charge is 0.447 e. The Morgan fingerprint density at radius 1 is 1.42 bits per heavy atom. The number of nitrogens with zero attached hydrogens (tertiary/aromatic N) is 1. The molecule has 1 heterocycles. The number of amides is 2. The molecule has 2 rings (SSSR count). The van der Waals surface area contributed by atoms with E-state index in [-0.39, 0.29) is 5.91 Å². The molecule has 0 radical (unpaired) electrons. The summed E-state index contributed by atoms with van der Waals surface area (Å²) in [5.41, 5.74) is 0. The fourth-order valence-electron chi connectivity index (χ4n) is 2.59. The molecular formula is C14H21NO4. The lowest BCUT2D eigenvalue weighted by molar-refractivity contribution is -0.122. The van der Waals surface area contributed by atoms with Crippen molar-refractivity contribution in [1.29, 1.82) is 0 Å². The van der Waals surface area contributed by atoms with Crippen LogP contribution in [0.15, 0.2) is 12.2 Å². The van der Waals surface area contributed by atoms with Gasteiger partial charge in [-0.3, -0.25) is 4.79 Å². The van der Waals surface area contributed by atoms with Gasteiger partial charge in [0.2, 0.25) is 0 Å². The third-order valence-electron chi connectivity index (χ3n) is 3.66. The van der Waals surface area contributed by atoms with Gasteiger partial charge in [0.1, 0.15) is 6.61 Å². The maximum Gasteiger partial charge on any atom is 0.416 e. The minimum atomic E-state index is -0.533. The van der Waals surface area contributed by atoms with E-state index in [0.29, 0.717) is 25.2 Å². The quantitative estimate of drug-likeness (QED) is 0.732. The van der Waals surface area contributed by atoms with Crippen LogP contribution < -0.4 is 0 Å². The second kappa shape index (κ2) is 6.70. The zero-order chi connectivity index (χ0) is 13.7. The van der Waals surface area contributed by atoms with E-state index in [4.69, 9.17) is 9.47 Å². The standard InChI is InChI=1S/C14H21NO4/c1-2-18-12-6-3-11(4-7-12)5-8-13(16)15-9-10-19-14(15)17/h5,8,11-12H,2-4,6-7,9-10H2,1H3/b8-5+. The van der Waals surface area contributed by atoms with Gasteiger partial charge in [-0.1, -0.05) is 6.08 Å². The Morgan fingerprint density at radius 3 is 2.74 bits per heavy atom. The first-order valence-electron chi connectivity index (χ1n) is 6.98. The van der Waals surface area contributed by atoms with Crippen LogP contribution in [-0.2, 0) is 14.3 Å². The number of allylic oxidation sites excluding steroid dienone is 1. The molecule has 2 fully saturated rings. The molecule has 0 N–H and O–H groups in total. The van der Waals surface area contributed by atoms with Crippen LogP contribution in [0.3, 0.4) is 0 Å². The highest BCUT2D eigenvalue weighted by molar-refractivity contribution is 5.99. The van der Waals surface area contributed by atoms with Crippen LogP contribution in [-0.4, -0.2) is 42.8 Å². The Kier molecular flexibility index (Phi) is 4.96. The molecule has 0 aromatic carbocycles. The van der Waals surface area contributed by atoms with Crippen LogP contribution in [0, 0.1) is 5.92 Å². The highest BCUT2D eigenvalue weighted by Crippen LogP contribution is 2.27. The van der Waals surface area contributed by atoms with E-state index in [2.05, 4.69) is 0 Å². The summed E-state index contributed by atoms with van der Waals surface area (Å²) in [6.07, 6.45) is 7.45. The summed E-state index contributed by atoms with van der Waals surface area (Å²) in [5.74, 6) is 0.147. The van der Waals surface area contributed by atoms with Crippen molar-refractivity contribution in [2.75, 3.05) is 19.8 Å². The second-order valence-electron chi connectivity index (χ2n) is 4.96. The van der Waals surface area contributed by atoms with Crippen molar-refractivity contribution in [3.8, 4) is 0 Å². The number of hydrogen-bond acceptors (Lipinski definition) is 4. The number of imide groups is 1. The van der Waals surface area contributed by atoms with Gasteiger partial charge in [0, 0.05) is 6.61 Å². The predicted octanol–water partition coefficient (Wildman–Crippen LogP) is 2.12. The van der Waals surface area contributed by atoms with E-state index < -0.39 is 6.09 Å². The summed E-state index contributed by atoms with van der Waals surface area (Å²) in [6.45, 7) is 3.44. The molecule has 2 aliphatic rings. The summed E-state index contributed by atoms with van der Waals surface area (Å²) in [5, 5.41) is 0. The first-order valence-corrected chi connectivity index (χ1v) is 6.98. The van der Waals surface area contributed by atoms with E-state index in [1.165, 1.54) is 6.08 Å². The van der Waals surface area contributed by atoms with Crippen molar-refractivity contribution in [3.05, 3.63) is 12.2 Å². The SMILES string of the molecule is CCOC1CCC(/C=C/C(=O)N2CCOC2=O)CC1. The molecule has 1 saturated heterocycles. The fourth-order valence-corrected chi connectivity index (χ4v) is 2.59. The minimum Gasteiger partial charge on any atom is -0.447 e. The molecule has 5 nitrogen and oxygen atoms in total. The average Bonchev–Trinajstić information content (AvgIpc) is 2.84. The number of hydrogen-bond donors (Lipinski definition) is 0. The summed E-state index contributed by atoms with van der Waals surface area (Å²) < 4.78 is 10.3. The van der Waals surface area contributed by atoms with Gasteiger partial charge in [-0.15, -0.1) is 0 Å². The molecule has 5 heteroatoms. The first-order chi connectivity index (χ1) is 9.20. The smallest absolute Gasteiger partial charge is 0.416 e. The maximum atomic E-state index is 11.8. The molecule has 106 valence electrons. The van der Waals surface area contributed by atoms with Crippen molar-refractivity contribution >= 4 is 12.0 Å². The lowest BCUT2D eigenvalue weighted by Crippen LogP contribution is -2.30. The monoisotopic (exact) mass is 267 g/mol. The Hall–Kier alpha value is -1.36.